The number of hydrogen-bond donors (Lipinski definition) is 1. The first kappa shape index (κ1) is 8.46. The predicted molar refractivity (Wildman–Crippen MR) is 44.6 cm³/mol. The number of carbonyl (C=O) groups excluding carboxylic acids is 1. The molecule has 0 radical (unpaired) electrons. The van der Waals surface area contributed by atoms with Crippen molar-refractivity contribution >= 4 is 11.9 Å². The van der Waals surface area contributed by atoms with Crippen LogP contribution in [0.1, 0.15) is 5.56 Å². The van der Waals surface area contributed by atoms with Gasteiger partial charge in [-0.15, -0.1) is 0 Å². The van der Waals surface area contributed by atoms with Crippen LogP contribution in [0.2, 0.25) is 0 Å². The highest BCUT2D eigenvalue weighted by Crippen LogP contribution is 2.10. The summed E-state index contributed by atoms with van der Waals surface area (Å²) in [6, 6.07) is 5.56. The SMILES string of the molecule is N/C=C(/C=O)c1ccc(F)cc1. The van der Waals surface area contributed by atoms with E-state index in [1.54, 1.807) is 0 Å². The molecule has 3 heteroatoms. The molecule has 0 saturated carbocycles. The Balaban J connectivity index is 3.04. The smallest absolute Gasteiger partial charge is 0.152 e. The van der Waals surface area contributed by atoms with E-state index in [4.69, 9.17) is 5.73 Å². The molecule has 0 bridgehead atoms. The van der Waals surface area contributed by atoms with E-state index < -0.39 is 0 Å². The lowest BCUT2D eigenvalue weighted by Crippen LogP contribution is -1.90. The second kappa shape index (κ2) is 3.67. The molecule has 0 spiro atoms. The van der Waals surface area contributed by atoms with E-state index in [9.17, 15) is 9.18 Å². The van der Waals surface area contributed by atoms with E-state index in [0.29, 0.717) is 17.4 Å². The maximum Gasteiger partial charge on any atom is 0.152 e. The Kier molecular flexibility index (Phi) is 2.58. The summed E-state index contributed by atoms with van der Waals surface area (Å²) >= 11 is 0. The van der Waals surface area contributed by atoms with Gasteiger partial charge in [-0.25, -0.2) is 4.39 Å². The normalized spacial score (nSPS) is 11.2. The minimum absolute atomic E-state index is 0.332. The fraction of sp³-hybridized carbons (Fsp3) is 0. The highest BCUT2D eigenvalue weighted by molar-refractivity contribution is 6.06. The van der Waals surface area contributed by atoms with Crippen LogP contribution in [0, 0.1) is 5.82 Å². The maximum atomic E-state index is 12.4. The molecular formula is C9H8FNO. The van der Waals surface area contributed by atoms with Gasteiger partial charge in [-0.1, -0.05) is 12.1 Å². The van der Waals surface area contributed by atoms with Crippen LogP contribution >= 0.6 is 0 Å². The molecule has 1 aromatic carbocycles. The van der Waals surface area contributed by atoms with Gasteiger partial charge in [0.2, 0.25) is 0 Å². The fourth-order valence-corrected chi connectivity index (χ4v) is 0.846. The van der Waals surface area contributed by atoms with Crippen LogP contribution in [-0.2, 0) is 4.79 Å². The average Bonchev–Trinajstić information content (AvgIpc) is 2.10. The second-order valence-electron chi connectivity index (χ2n) is 2.25. The number of aldehydes is 1. The molecule has 1 aromatic rings. The summed E-state index contributed by atoms with van der Waals surface area (Å²) in [5.41, 5.74) is 6.14. The van der Waals surface area contributed by atoms with Crippen molar-refractivity contribution in [3.05, 3.63) is 41.8 Å². The van der Waals surface area contributed by atoms with Crippen LogP contribution in [0.25, 0.3) is 5.57 Å². The lowest BCUT2D eigenvalue weighted by molar-refractivity contribution is -0.103. The lowest BCUT2D eigenvalue weighted by Gasteiger charge is -1.97. The molecule has 2 N–H and O–H groups in total. The van der Waals surface area contributed by atoms with E-state index in [2.05, 4.69) is 0 Å². The lowest BCUT2D eigenvalue weighted by atomic mass is 10.1. The van der Waals surface area contributed by atoms with Gasteiger partial charge in [0.25, 0.3) is 0 Å². The molecule has 0 unspecified atom stereocenters. The van der Waals surface area contributed by atoms with Crippen LogP contribution in [0.3, 0.4) is 0 Å². The summed E-state index contributed by atoms with van der Waals surface area (Å²) < 4.78 is 12.4. The van der Waals surface area contributed by atoms with Crippen molar-refractivity contribution in [2.24, 2.45) is 5.73 Å². The van der Waals surface area contributed by atoms with Gasteiger partial charge < -0.3 is 5.73 Å². The third-order valence-electron chi connectivity index (χ3n) is 1.48. The number of allylic oxidation sites excluding steroid dienone is 1. The Labute approximate surface area is 69.5 Å². The van der Waals surface area contributed by atoms with E-state index in [1.165, 1.54) is 30.5 Å². The molecular weight excluding hydrogens is 157 g/mol. The monoisotopic (exact) mass is 165 g/mol. The summed E-state index contributed by atoms with van der Waals surface area (Å²) in [4.78, 5) is 10.4. The van der Waals surface area contributed by atoms with E-state index >= 15 is 0 Å². The Hall–Kier alpha value is -1.64. The molecule has 12 heavy (non-hydrogen) atoms. The molecule has 0 amide bonds. The average molecular weight is 165 g/mol. The third-order valence-corrected chi connectivity index (χ3v) is 1.48. The van der Waals surface area contributed by atoms with Crippen molar-refractivity contribution in [2.45, 2.75) is 0 Å². The molecule has 0 aliphatic carbocycles. The van der Waals surface area contributed by atoms with Gasteiger partial charge in [0.15, 0.2) is 6.29 Å². The minimum Gasteiger partial charge on any atom is -0.404 e. The summed E-state index contributed by atoms with van der Waals surface area (Å²) in [6.07, 6.45) is 1.83. The maximum absolute atomic E-state index is 12.4. The van der Waals surface area contributed by atoms with Crippen LogP contribution in [0.5, 0.6) is 0 Å². The molecule has 62 valence electrons. The van der Waals surface area contributed by atoms with Crippen LogP contribution in [-0.4, -0.2) is 6.29 Å². The van der Waals surface area contributed by atoms with E-state index in [1.807, 2.05) is 0 Å². The highest BCUT2D eigenvalue weighted by atomic mass is 19.1. The van der Waals surface area contributed by atoms with Crippen molar-refractivity contribution in [1.82, 2.24) is 0 Å². The minimum atomic E-state index is -0.332. The Morgan fingerprint density at radius 2 is 1.92 bits per heavy atom. The van der Waals surface area contributed by atoms with Gasteiger partial charge in [0.1, 0.15) is 5.82 Å². The van der Waals surface area contributed by atoms with Crippen LogP contribution in [0.4, 0.5) is 4.39 Å². The Morgan fingerprint density at radius 3 is 2.33 bits per heavy atom. The number of nitrogens with two attached hydrogens (primary N) is 1. The van der Waals surface area contributed by atoms with E-state index in [-0.39, 0.29) is 5.82 Å². The number of carbonyl (C=O) groups is 1. The number of benzene rings is 1. The molecule has 1 rings (SSSR count). The zero-order valence-corrected chi connectivity index (χ0v) is 6.33. The number of hydrogen-bond acceptors (Lipinski definition) is 2. The quantitative estimate of drug-likeness (QED) is 0.530. The molecule has 0 fully saturated rings. The first-order valence-corrected chi connectivity index (χ1v) is 3.41. The molecule has 0 heterocycles. The zero-order chi connectivity index (χ0) is 8.97. The number of halogens is 1. The van der Waals surface area contributed by atoms with Gasteiger partial charge in [-0.2, -0.15) is 0 Å². The van der Waals surface area contributed by atoms with Crippen molar-refractivity contribution in [3.63, 3.8) is 0 Å². The summed E-state index contributed by atoms with van der Waals surface area (Å²) in [5.74, 6) is -0.332. The van der Waals surface area contributed by atoms with Crippen LogP contribution < -0.4 is 5.73 Å². The van der Waals surface area contributed by atoms with Crippen molar-refractivity contribution in [3.8, 4) is 0 Å². The van der Waals surface area contributed by atoms with E-state index in [0.717, 1.165) is 0 Å². The van der Waals surface area contributed by atoms with Crippen molar-refractivity contribution in [1.29, 1.82) is 0 Å². The second-order valence-corrected chi connectivity index (χ2v) is 2.25. The molecule has 0 aliphatic rings. The van der Waals surface area contributed by atoms with Gasteiger partial charge in [-0.3, -0.25) is 4.79 Å². The van der Waals surface area contributed by atoms with Gasteiger partial charge in [-0.05, 0) is 17.7 Å². The molecule has 0 aliphatic heterocycles. The number of rotatable bonds is 2. The summed E-state index contributed by atoms with van der Waals surface area (Å²) in [5, 5.41) is 0. The molecule has 0 aromatic heterocycles. The first-order valence-electron chi connectivity index (χ1n) is 3.41. The van der Waals surface area contributed by atoms with Gasteiger partial charge in [0.05, 0.1) is 0 Å². The molecule has 0 saturated heterocycles. The summed E-state index contributed by atoms with van der Waals surface area (Å²) in [6.45, 7) is 0. The van der Waals surface area contributed by atoms with Gasteiger partial charge >= 0.3 is 0 Å². The summed E-state index contributed by atoms with van der Waals surface area (Å²) in [7, 11) is 0. The predicted octanol–water partition coefficient (Wildman–Crippen LogP) is 1.32. The van der Waals surface area contributed by atoms with Gasteiger partial charge in [0, 0.05) is 11.8 Å². The zero-order valence-electron chi connectivity index (χ0n) is 6.33. The third kappa shape index (κ3) is 1.69. The fourth-order valence-electron chi connectivity index (χ4n) is 0.846. The van der Waals surface area contributed by atoms with Crippen molar-refractivity contribution in [2.75, 3.05) is 0 Å². The molecule has 2 nitrogen and oxygen atoms in total. The first-order chi connectivity index (χ1) is 5.77. The van der Waals surface area contributed by atoms with Crippen LogP contribution in [0.15, 0.2) is 30.5 Å². The Bertz CT molecular complexity index is 303. The van der Waals surface area contributed by atoms with Crippen molar-refractivity contribution < 1.29 is 9.18 Å². The standard InChI is InChI=1S/C9H8FNO/c10-9-3-1-7(2-4-9)8(5-11)6-12/h1-6H,11H2/b8-5-. The topological polar surface area (TPSA) is 43.1 Å². The highest BCUT2D eigenvalue weighted by Gasteiger charge is 1.98. The molecule has 0 atom stereocenters. The largest absolute Gasteiger partial charge is 0.404 e. The Morgan fingerprint density at radius 1 is 1.33 bits per heavy atom.